The number of aliphatic hydroxyl groups is 1. The lowest BCUT2D eigenvalue weighted by atomic mass is 9.90. The first-order valence-corrected chi connectivity index (χ1v) is 4.84. The van der Waals surface area contributed by atoms with E-state index in [2.05, 4.69) is 6.58 Å². The van der Waals surface area contributed by atoms with Crippen LogP contribution in [0.5, 0.6) is 0 Å². The highest BCUT2D eigenvalue weighted by atomic mass is 16.5. The highest BCUT2D eigenvalue weighted by molar-refractivity contribution is 5.81. The van der Waals surface area contributed by atoms with Crippen LogP contribution in [-0.2, 0) is 9.53 Å². The molecule has 0 heterocycles. The van der Waals surface area contributed by atoms with E-state index in [1.54, 1.807) is 0 Å². The average Bonchev–Trinajstić information content (AvgIpc) is 2.26. The van der Waals surface area contributed by atoms with Gasteiger partial charge < -0.3 is 9.84 Å². The van der Waals surface area contributed by atoms with Gasteiger partial charge in [0, 0.05) is 6.08 Å². The molecule has 0 radical (unpaired) electrons. The molecule has 0 aromatic rings. The SMILES string of the molecule is C=CC(=O)OCC1CC=C(CO)CC1. The highest BCUT2D eigenvalue weighted by Crippen LogP contribution is 2.23. The number of allylic oxidation sites excluding steroid dienone is 1. The minimum Gasteiger partial charge on any atom is -0.462 e. The number of hydrogen-bond donors (Lipinski definition) is 1. The standard InChI is InChI=1S/C11H16O3/c1-2-11(13)14-8-10-5-3-9(7-12)4-6-10/h2-3,10,12H,1,4-8H2. The van der Waals surface area contributed by atoms with E-state index in [1.807, 2.05) is 6.08 Å². The summed E-state index contributed by atoms with van der Waals surface area (Å²) < 4.78 is 4.95. The van der Waals surface area contributed by atoms with Gasteiger partial charge in [-0.15, -0.1) is 0 Å². The molecule has 1 N–H and O–H groups in total. The van der Waals surface area contributed by atoms with E-state index in [0.717, 1.165) is 24.8 Å². The maximum Gasteiger partial charge on any atom is 0.330 e. The molecule has 0 saturated heterocycles. The molecule has 0 aromatic heterocycles. The first kappa shape index (κ1) is 11.0. The van der Waals surface area contributed by atoms with Gasteiger partial charge >= 0.3 is 5.97 Å². The lowest BCUT2D eigenvalue weighted by molar-refractivity contribution is -0.139. The molecule has 0 saturated carbocycles. The highest BCUT2D eigenvalue weighted by Gasteiger charge is 2.15. The fourth-order valence-electron chi connectivity index (χ4n) is 1.50. The van der Waals surface area contributed by atoms with Gasteiger partial charge in [-0.1, -0.05) is 12.7 Å². The lowest BCUT2D eigenvalue weighted by Crippen LogP contribution is -2.15. The molecule has 0 fully saturated rings. The molecule has 0 aliphatic heterocycles. The molecule has 1 aliphatic carbocycles. The van der Waals surface area contributed by atoms with E-state index in [1.165, 1.54) is 6.08 Å². The monoisotopic (exact) mass is 196 g/mol. The van der Waals surface area contributed by atoms with Crippen LogP contribution in [0.4, 0.5) is 0 Å². The molecule has 0 spiro atoms. The molecular weight excluding hydrogens is 180 g/mol. The smallest absolute Gasteiger partial charge is 0.330 e. The number of aliphatic hydroxyl groups excluding tert-OH is 1. The predicted octanol–water partition coefficient (Wildman–Crippen LogP) is 1.43. The molecule has 1 aliphatic rings. The van der Waals surface area contributed by atoms with Crippen LogP contribution in [-0.4, -0.2) is 24.3 Å². The Labute approximate surface area is 84.1 Å². The predicted molar refractivity (Wildman–Crippen MR) is 53.7 cm³/mol. The van der Waals surface area contributed by atoms with Crippen molar-refractivity contribution in [2.75, 3.05) is 13.2 Å². The van der Waals surface area contributed by atoms with Crippen molar-refractivity contribution in [1.82, 2.24) is 0 Å². The Balaban J connectivity index is 2.26. The maximum atomic E-state index is 10.8. The largest absolute Gasteiger partial charge is 0.462 e. The van der Waals surface area contributed by atoms with Gasteiger partial charge in [0.1, 0.15) is 0 Å². The van der Waals surface area contributed by atoms with E-state index in [9.17, 15) is 4.79 Å². The fraction of sp³-hybridized carbons (Fsp3) is 0.545. The molecule has 0 bridgehead atoms. The number of carbonyl (C=O) groups excluding carboxylic acids is 1. The Hall–Kier alpha value is -1.09. The first-order chi connectivity index (χ1) is 6.76. The van der Waals surface area contributed by atoms with Crippen LogP contribution in [0.1, 0.15) is 19.3 Å². The number of hydrogen-bond acceptors (Lipinski definition) is 3. The van der Waals surface area contributed by atoms with Crippen LogP contribution in [0.25, 0.3) is 0 Å². The molecule has 3 nitrogen and oxygen atoms in total. The molecule has 0 amide bonds. The summed E-state index contributed by atoms with van der Waals surface area (Å²) in [5.74, 6) is 0.0381. The third-order valence-electron chi connectivity index (χ3n) is 2.44. The zero-order valence-electron chi connectivity index (χ0n) is 8.24. The van der Waals surface area contributed by atoms with E-state index in [0.29, 0.717) is 12.5 Å². The van der Waals surface area contributed by atoms with Gasteiger partial charge in [-0.2, -0.15) is 0 Å². The summed E-state index contributed by atoms with van der Waals surface area (Å²) in [5, 5.41) is 8.87. The second-order valence-electron chi connectivity index (χ2n) is 3.50. The number of rotatable bonds is 4. The minimum absolute atomic E-state index is 0.152. The fourth-order valence-corrected chi connectivity index (χ4v) is 1.50. The van der Waals surface area contributed by atoms with Crippen molar-refractivity contribution in [3.05, 3.63) is 24.3 Å². The van der Waals surface area contributed by atoms with Crippen LogP contribution in [0.3, 0.4) is 0 Å². The molecule has 1 unspecified atom stereocenters. The second kappa shape index (κ2) is 5.60. The van der Waals surface area contributed by atoms with E-state index in [4.69, 9.17) is 9.84 Å². The summed E-state index contributed by atoms with van der Waals surface area (Å²) in [6.45, 7) is 3.94. The topological polar surface area (TPSA) is 46.5 Å². The van der Waals surface area contributed by atoms with Crippen molar-refractivity contribution in [3.63, 3.8) is 0 Å². The maximum absolute atomic E-state index is 10.8. The Morgan fingerprint density at radius 3 is 3.07 bits per heavy atom. The molecule has 14 heavy (non-hydrogen) atoms. The Bertz CT molecular complexity index is 243. The van der Waals surface area contributed by atoms with Gasteiger partial charge in [-0.05, 0) is 30.8 Å². The van der Waals surface area contributed by atoms with Gasteiger partial charge in [0.25, 0.3) is 0 Å². The quantitative estimate of drug-likeness (QED) is 0.420. The summed E-state index contributed by atoms with van der Waals surface area (Å²) in [6.07, 6.45) is 6.00. The van der Waals surface area contributed by atoms with Crippen molar-refractivity contribution in [2.24, 2.45) is 5.92 Å². The summed E-state index contributed by atoms with van der Waals surface area (Å²) >= 11 is 0. The van der Waals surface area contributed by atoms with Gasteiger partial charge in [0.05, 0.1) is 13.2 Å². The number of ether oxygens (including phenoxy) is 1. The van der Waals surface area contributed by atoms with Gasteiger partial charge in [0.15, 0.2) is 0 Å². The molecule has 0 aromatic carbocycles. The van der Waals surface area contributed by atoms with Gasteiger partial charge in [-0.25, -0.2) is 4.79 Å². The number of esters is 1. The van der Waals surface area contributed by atoms with E-state index in [-0.39, 0.29) is 12.6 Å². The zero-order valence-corrected chi connectivity index (χ0v) is 8.24. The number of carbonyl (C=O) groups is 1. The van der Waals surface area contributed by atoms with Crippen molar-refractivity contribution in [1.29, 1.82) is 0 Å². The second-order valence-corrected chi connectivity index (χ2v) is 3.50. The molecule has 78 valence electrons. The van der Waals surface area contributed by atoms with Gasteiger partial charge in [0.2, 0.25) is 0 Å². The third-order valence-corrected chi connectivity index (χ3v) is 2.44. The van der Waals surface area contributed by atoms with Crippen LogP contribution in [0.2, 0.25) is 0 Å². The lowest BCUT2D eigenvalue weighted by Gasteiger charge is -2.20. The average molecular weight is 196 g/mol. The first-order valence-electron chi connectivity index (χ1n) is 4.84. The van der Waals surface area contributed by atoms with Crippen molar-refractivity contribution in [2.45, 2.75) is 19.3 Å². The van der Waals surface area contributed by atoms with E-state index >= 15 is 0 Å². The third kappa shape index (κ3) is 3.34. The summed E-state index contributed by atoms with van der Waals surface area (Å²) in [7, 11) is 0. The van der Waals surface area contributed by atoms with Crippen molar-refractivity contribution >= 4 is 5.97 Å². The van der Waals surface area contributed by atoms with Crippen LogP contribution >= 0.6 is 0 Å². The Morgan fingerprint density at radius 2 is 2.57 bits per heavy atom. The molecule has 1 atom stereocenters. The van der Waals surface area contributed by atoms with Crippen LogP contribution in [0.15, 0.2) is 24.3 Å². The van der Waals surface area contributed by atoms with Crippen LogP contribution in [0, 0.1) is 5.92 Å². The van der Waals surface area contributed by atoms with Crippen molar-refractivity contribution in [3.8, 4) is 0 Å². The molecule has 1 rings (SSSR count). The van der Waals surface area contributed by atoms with Gasteiger partial charge in [-0.3, -0.25) is 0 Å². The normalized spacial score (nSPS) is 21.2. The van der Waals surface area contributed by atoms with Crippen LogP contribution < -0.4 is 0 Å². The van der Waals surface area contributed by atoms with E-state index < -0.39 is 0 Å². The summed E-state index contributed by atoms with van der Waals surface area (Å²) in [6, 6.07) is 0. The summed E-state index contributed by atoms with van der Waals surface area (Å²) in [4.78, 5) is 10.8. The molecule has 3 heteroatoms. The minimum atomic E-state index is -0.359. The zero-order chi connectivity index (χ0) is 10.4. The Morgan fingerprint density at radius 1 is 1.79 bits per heavy atom. The summed E-state index contributed by atoms with van der Waals surface area (Å²) in [5.41, 5.74) is 1.09. The van der Waals surface area contributed by atoms with Crippen molar-refractivity contribution < 1.29 is 14.6 Å². The Kier molecular flexibility index (Phi) is 4.40. The molecular formula is C11H16O3.